The summed E-state index contributed by atoms with van der Waals surface area (Å²) >= 11 is 11.2. The van der Waals surface area contributed by atoms with E-state index in [1.165, 1.54) is 0 Å². The summed E-state index contributed by atoms with van der Waals surface area (Å²) in [5.74, 6) is 0. The van der Waals surface area contributed by atoms with Crippen molar-refractivity contribution in [1.29, 1.82) is 0 Å². The SMILES string of the molecule is CCO[SiH](CCC(Cl)Cl)OCC. The summed E-state index contributed by atoms with van der Waals surface area (Å²) in [6.07, 6.45) is 0.764. The zero-order chi connectivity index (χ0) is 9.40. The first-order valence-corrected chi connectivity index (χ1v) is 6.85. The molecular formula is C7H16Cl2O2Si. The fourth-order valence-corrected chi connectivity index (χ4v) is 3.30. The van der Waals surface area contributed by atoms with E-state index in [1.54, 1.807) is 0 Å². The Kier molecular flexibility index (Phi) is 8.82. The van der Waals surface area contributed by atoms with E-state index in [0.717, 1.165) is 12.5 Å². The lowest BCUT2D eigenvalue weighted by atomic mass is 10.6. The predicted octanol–water partition coefficient (Wildman–Crippen LogP) is 2.47. The summed E-state index contributed by atoms with van der Waals surface area (Å²) in [4.78, 5) is -0.291. The quantitative estimate of drug-likeness (QED) is 0.495. The van der Waals surface area contributed by atoms with E-state index in [1.807, 2.05) is 13.8 Å². The Labute approximate surface area is 86.0 Å². The molecule has 0 aliphatic rings. The van der Waals surface area contributed by atoms with Crippen molar-refractivity contribution < 1.29 is 8.85 Å². The summed E-state index contributed by atoms with van der Waals surface area (Å²) in [7, 11) is -1.46. The van der Waals surface area contributed by atoms with Gasteiger partial charge in [-0.2, -0.15) is 0 Å². The first kappa shape index (κ1) is 12.7. The van der Waals surface area contributed by atoms with Gasteiger partial charge in [-0.15, -0.1) is 23.2 Å². The topological polar surface area (TPSA) is 18.5 Å². The van der Waals surface area contributed by atoms with Gasteiger partial charge >= 0.3 is 9.28 Å². The summed E-state index contributed by atoms with van der Waals surface area (Å²) < 4.78 is 10.9. The van der Waals surface area contributed by atoms with Gasteiger partial charge in [-0.05, 0) is 26.3 Å². The molecule has 2 nitrogen and oxygen atoms in total. The molecule has 0 amide bonds. The molecular weight excluding hydrogens is 215 g/mol. The maximum Gasteiger partial charge on any atom is 0.321 e. The molecule has 0 aromatic heterocycles. The van der Waals surface area contributed by atoms with E-state index in [4.69, 9.17) is 32.1 Å². The average molecular weight is 231 g/mol. The van der Waals surface area contributed by atoms with Crippen LogP contribution >= 0.6 is 23.2 Å². The molecule has 0 bridgehead atoms. The lowest BCUT2D eigenvalue weighted by Gasteiger charge is -2.14. The van der Waals surface area contributed by atoms with Crippen molar-refractivity contribution in [2.45, 2.75) is 31.1 Å². The first-order valence-electron chi connectivity index (χ1n) is 4.22. The monoisotopic (exact) mass is 230 g/mol. The van der Waals surface area contributed by atoms with Gasteiger partial charge in [-0.3, -0.25) is 0 Å². The van der Waals surface area contributed by atoms with Gasteiger partial charge in [0.25, 0.3) is 0 Å². The van der Waals surface area contributed by atoms with Gasteiger partial charge in [0, 0.05) is 13.2 Å². The van der Waals surface area contributed by atoms with Crippen molar-refractivity contribution >= 4 is 32.5 Å². The highest BCUT2D eigenvalue weighted by Crippen LogP contribution is 2.12. The van der Waals surface area contributed by atoms with Crippen molar-refractivity contribution in [3.05, 3.63) is 0 Å². The molecule has 0 aliphatic carbocycles. The molecule has 0 radical (unpaired) electrons. The minimum atomic E-state index is -1.46. The number of rotatable bonds is 7. The Balaban J connectivity index is 3.48. The highest BCUT2D eigenvalue weighted by molar-refractivity contribution is 6.47. The number of alkyl halides is 2. The molecule has 0 N–H and O–H groups in total. The van der Waals surface area contributed by atoms with E-state index in [9.17, 15) is 0 Å². The molecule has 74 valence electrons. The van der Waals surface area contributed by atoms with Crippen LogP contribution in [0.2, 0.25) is 6.04 Å². The molecule has 0 aromatic rings. The van der Waals surface area contributed by atoms with Gasteiger partial charge in [-0.25, -0.2) is 0 Å². The standard InChI is InChI=1S/C7H16Cl2O2Si/c1-3-10-12(11-4-2)6-5-7(8)9/h7,12H,3-6H2,1-2H3. The minimum absolute atomic E-state index is 0.291. The predicted molar refractivity (Wildman–Crippen MR) is 55.3 cm³/mol. The van der Waals surface area contributed by atoms with E-state index in [0.29, 0.717) is 13.2 Å². The van der Waals surface area contributed by atoms with E-state index in [-0.39, 0.29) is 4.84 Å². The molecule has 0 unspecified atom stereocenters. The lowest BCUT2D eigenvalue weighted by molar-refractivity contribution is 0.213. The van der Waals surface area contributed by atoms with Crippen LogP contribution in [-0.4, -0.2) is 27.3 Å². The molecule has 0 rings (SSSR count). The molecule has 0 aromatic carbocycles. The molecule has 0 aliphatic heterocycles. The summed E-state index contributed by atoms with van der Waals surface area (Å²) in [6.45, 7) is 5.37. The van der Waals surface area contributed by atoms with Gasteiger partial charge in [-0.1, -0.05) is 0 Å². The van der Waals surface area contributed by atoms with E-state index < -0.39 is 9.28 Å². The molecule has 5 heteroatoms. The fourth-order valence-electron chi connectivity index (χ4n) is 0.849. The zero-order valence-electron chi connectivity index (χ0n) is 7.56. The number of hydrogen-bond donors (Lipinski definition) is 0. The molecule has 0 saturated heterocycles. The molecule has 0 saturated carbocycles. The lowest BCUT2D eigenvalue weighted by Crippen LogP contribution is -2.23. The van der Waals surface area contributed by atoms with Crippen LogP contribution in [0.25, 0.3) is 0 Å². The van der Waals surface area contributed by atoms with Crippen LogP contribution in [0, 0.1) is 0 Å². The van der Waals surface area contributed by atoms with Crippen molar-refractivity contribution in [3.63, 3.8) is 0 Å². The van der Waals surface area contributed by atoms with E-state index in [2.05, 4.69) is 0 Å². The van der Waals surface area contributed by atoms with Crippen molar-refractivity contribution in [3.8, 4) is 0 Å². The van der Waals surface area contributed by atoms with Gasteiger partial charge < -0.3 is 8.85 Å². The maximum absolute atomic E-state index is 5.60. The Morgan fingerprint density at radius 2 is 1.67 bits per heavy atom. The van der Waals surface area contributed by atoms with Crippen molar-refractivity contribution in [2.75, 3.05) is 13.2 Å². The second-order valence-electron chi connectivity index (χ2n) is 2.31. The third-order valence-corrected chi connectivity index (χ3v) is 3.98. The molecule has 12 heavy (non-hydrogen) atoms. The van der Waals surface area contributed by atoms with Crippen LogP contribution < -0.4 is 0 Å². The molecule has 0 spiro atoms. The van der Waals surface area contributed by atoms with Gasteiger partial charge in [0.05, 0.1) is 0 Å². The van der Waals surface area contributed by atoms with Crippen LogP contribution in [0.15, 0.2) is 0 Å². The summed E-state index contributed by atoms with van der Waals surface area (Å²) in [6, 6.07) is 0.888. The van der Waals surface area contributed by atoms with Crippen molar-refractivity contribution in [2.24, 2.45) is 0 Å². The molecule has 0 fully saturated rings. The van der Waals surface area contributed by atoms with Gasteiger partial charge in [0.1, 0.15) is 4.84 Å². The highest BCUT2D eigenvalue weighted by Gasteiger charge is 2.13. The van der Waals surface area contributed by atoms with Gasteiger partial charge in [0.15, 0.2) is 0 Å². The fraction of sp³-hybridized carbons (Fsp3) is 1.00. The third-order valence-electron chi connectivity index (χ3n) is 1.33. The summed E-state index contributed by atoms with van der Waals surface area (Å²) in [5, 5.41) is 0. The normalized spacial score (nSPS) is 11.5. The van der Waals surface area contributed by atoms with Crippen LogP contribution in [0.3, 0.4) is 0 Å². The third kappa shape index (κ3) is 7.37. The zero-order valence-corrected chi connectivity index (χ0v) is 10.2. The Bertz CT molecular complexity index is 97.4. The van der Waals surface area contributed by atoms with Crippen LogP contribution in [0.4, 0.5) is 0 Å². The smallest absolute Gasteiger partial charge is 0.321 e. The largest absolute Gasteiger partial charge is 0.397 e. The number of hydrogen-bond acceptors (Lipinski definition) is 2. The Hall–Kier alpha value is 0.717. The number of halogens is 2. The van der Waals surface area contributed by atoms with Crippen LogP contribution in [-0.2, 0) is 8.85 Å². The second-order valence-corrected chi connectivity index (χ2v) is 5.69. The average Bonchev–Trinajstić information content (AvgIpc) is 2.01. The van der Waals surface area contributed by atoms with Crippen LogP contribution in [0.1, 0.15) is 20.3 Å². The minimum Gasteiger partial charge on any atom is -0.397 e. The van der Waals surface area contributed by atoms with Gasteiger partial charge in [0.2, 0.25) is 0 Å². The van der Waals surface area contributed by atoms with E-state index >= 15 is 0 Å². The van der Waals surface area contributed by atoms with Crippen molar-refractivity contribution in [1.82, 2.24) is 0 Å². The summed E-state index contributed by atoms with van der Waals surface area (Å²) in [5.41, 5.74) is 0. The Morgan fingerprint density at radius 3 is 2.00 bits per heavy atom. The molecule has 0 heterocycles. The Morgan fingerprint density at radius 1 is 1.17 bits per heavy atom. The maximum atomic E-state index is 5.60. The second kappa shape index (κ2) is 8.32. The highest BCUT2D eigenvalue weighted by atomic mass is 35.5. The first-order chi connectivity index (χ1) is 5.70. The molecule has 0 atom stereocenters. The van der Waals surface area contributed by atoms with Crippen LogP contribution in [0.5, 0.6) is 0 Å².